The molecule has 0 N–H and O–H groups in total. The van der Waals surface area contributed by atoms with Gasteiger partial charge in [-0.05, 0) is 37.5 Å². The van der Waals surface area contributed by atoms with E-state index in [1.807, 2.05) is 32.9 Å². The highest BCUT2D eigenvalue weighted by Crippen LogP contribution is 2.41. The van der Waals surface area contributed by atoms with Crippen molar-refractivity contribution in [2.24, 2.45) is 0 Å². The average Bonchev–Trinajstić information content (AvgIpc) is 2.89. The maximum absolute atomic E-state index is 12.7. The summed E-state index contributed by atoms with van der Waals surface area (Å²) in [5.41, 5.74) is 2.82. The monoisotopic (exact) mass is 274 g/mol. The van der Waals surface area contributed by atoms with Crippen LogP contribution in [-0.4, -0.2) is 30.6 Å². The van der Waals surface area contributed by atoms with Crippen molar-refractivity contribution in [1.82, 2.24) is 0 Å². The average molecular weight is 274 g/mol. The molecule has 2 atom stereocenters. The molecule has 2 heterocycles. The number of hydrogen-bond donors (Lipinski definition) is 0. The lowest BCUT2D eigenvalue weighted by Gasteiger charge is -2.18. The topological polar surface area (TPSA) is 52.6 Å². The Bertz CT molecular complexity index is 573. The third-order valence-electron chi connectivity index (χ3n) is 4.26. The van der Waals surface area contributed by atoms with Gasteiger partial charge in [-0.2, -0.15) is 0 Å². The fourth-order valence-electron chi connectivity index (χ4n) is 3.39. The fraction of sp³-hybridized carbons (Fsp3) is 0.500. The molecule has 0 amide bonds. The minimum Gasteiger partial charge on any atom is -0.448 e. The molecule has 106 valence electrons. The van der Waals surface area contributed by atoms with Crippen LogP contribution in [0.25, 0.3) is 0 Å². The zero-order valence-corrected chi connectivity index (χ0v) is 12.0. The Morgan fingerprint density at radius 2 is 1.80 bits per heavy atom. The van der Waals surface area contributed by atoms with Gasteiger partial charge in [-0.1, -0.05) is 17.7 Å². The first-order chi connectivity index (χ1) is 9.44. The van der Waals surface area contributed by atoms with Crippen LogP contribution in [-0.2, 0) is 19.1 Å². The summed E-state index contributed by atoms with van der Waals surface area (Å²) < 4.78 is 10.7. The molecule has 2 aliphatic rings. The van der Waals surface area contributed by atoms with Gasteiger partial charge in [-0.3, -0.25) is 9.59 Å². The summed E-state index contributed by atoms with van der Waals surface area (Å²) in [5, 5.41) is 0. The van der Waals surface area contributed by atoms with Crippen molar-refractivity contribution >= 4 is 11.8 Å². The molecule has 1 aromatic rings. The van der Waals surface area contributed by atoms with Gasteiger partial charge < -0.3 is 9.47 Å². The van der Waals surface area contributed by atoms with Crippen LogP contribution in [0, 0.1) is 20.8 Å². The molecule has 3 rings (SSSR count). The molecule has 2 aliphatic heterocycles. The number of Topliss-reactive ketones (excluding diaryl/α,β-unsaturated/α-hetero) is 1. The molecule has 20 heavy (non-hydrogen) atoms. The van der Waals surface area contributed by atoms with Crippen molar-refractivity contribution in [2.75, 3.05) is 13.2 Å². The van der Waals surface area contributed by atoms with E-state index in [1.54, 1.807) is 0 Å². The smallest absolute Gasteiger partial charge is 0.322 e. The van der Waals surface area contributed by atoms with Gasteiger partial charge >= 0.3 is 5.97 Å². The number of hydrogen-bond acceptors (Lipinski definition) is 4. The van der Waals surface area contributed by atoms with Gasteiger partial charge in [0.15, 0.2) is 11.4 Å². The molecule has 2 unspecified atom stereocenters. The third kappa shape index (κ3) is 1.79. The van der Waals surface area contributed by atoms with Crippen molar-refractivity contribution in [3.8, 4) is 0 Å². The zero-order valence-electron chi connectivity index (χ0n) is 12.0. The molecule has 0 aliphatic carbocycles. The van der Waals surface area contributed by atoms with E-state index >= 15 is 0 Å². The van der Waals surface area contributed by atoms with Crippen molar-refractivity contribution < 1.29 is 19.1 Å². The van der Waals surface area contributed by atoms with E-state index in [0.29, 0.717) is 13.0 Å². The predicted octanol–water partition coefficient (Wildman–Crippen LogP) is 1.98. The van der Waals surface area contributed by atoms with Gasteiger partial charge in [0, 0.05) is 6.42 Å². The Morgan fingerprint density at radius 1 is 1.15 bits per heavy atom. The number of carbonyl (C=O) groups excluding carboxylic acids is 2. The minimum atomic E-state index is -1.04. The first kappa shape index (κ1) is 13.3. The van der Waals surface area contributed by atoms with Crippen LogP contribution in [0.2, 0.25) is 0 Å². The lowest BCUT2D eigenvalue weighted by atomic mass is 9.83. The summed E-state index contributed by atoms with van der Waals surface area (Å²) in [6.07, 6.45) is 0.470. The molecule has 1 aromatic carbocycles. The van der Waals surface area contributed by atoms with Gasteiger partial charge in [-0.15, -0.1) is 0 Å². The Morgan fingerprint density at radius 3 is 2.35 bits per heavy atom. The van der Waals surface area contributed by atoms with Crippen LogP contribution in [0.3, 0.4) is 0 Å². The second-order valence-corrected chi connectivity index (χ2v) is 5.83. The maximum atomic E-state index is 12.7. The van der Waals surface area contributed by atoms with Gasteiger partial charge in [0.25, 0.3) is 0 Å². The fourth-order valence-corrected chi connectivity index (χ4v) is 3.39. The molecule has 0 aromatic heterocycles. The summed E-state index contributed by atoms with van der Waals surface area (Å²) in [4.78, 5) is 24.9. The number of benzene rings is 1. The zero-order chi connectivity index (χ0) is 14.5. The Hall–Kier alpha value is -1.68. The second kappa shape index (κ2) is 4.42. The molecular weight excluding hydrogens is 256 g/mol. The van der Waals surface area contributed by atoms with Crippen LogP contribution in [0.4, 0.5) is 0 Å². The largest absolute Gasteiger partial charge is 0.448 e. The minimum absolute atomic E-state index is 0.143. The summed E-state index contributed by atoms with van der Waals surface area (Å²) in [6, 6.07) is 4.00. The second-order valence-electron chi connectivity index (χ2n) is 5.83. The third-order valence-corrected chi connectivity index (χ3v) is 4.26. The van der Waals surface area contributed by atoms with E-state index < -0.39 is 17.5 Å². The number of aryl methyl sites for hydroxylation is 3. The van der Waals surface area contributed by atoms with Crippen molar-refractivity contribution in [3.63, 3.8) is 0 Å². The van der Waals surface area contributed by atoms with Crippen LogP contribution in [0.1, 0.15) is 34.6 Å². The molecular formula is C16H18O4. The number of ketones is 1. The number of rotatable bonds is 1. The Balaban J connectivity index is 2.07. The highest BCUT2D eigenvalue weighted by molar-refractivity contribution is 6.14. The van der Waals surface area contributed by atoms with E-state index in [2.05, 4.69) is 0 Å². The predicted molar refractivity (Wildman–Crippen MR) is 72.7 cm³/mol. The first-order valence-electron chi connectivity index (χ1n) is 6.87. The number of ether oxygens (including phenoxy) is 2. The molecule has 4 heteroatoms. The van der Waals surface area contributed by atoms with Crippen molar-refractivity contribution in [1.29, 1.82) is 0 Å². The molecule has 1 spiro atoms. The van der Waals surface area contributed by atoms with Gasteiger partial charge in [0.2, 0.25) is 0 Å². The van der Waals surface area contributed by atoms with Crippen LogP contribution >= 0.6 is 0 Å². The summed E-state index contributed by atoms with van der Waals surface area (Å²) in [5.74, 6) is -1.37. The summed E-state index contributed by atoms with van der Waals surface area (Å²) in [7, 11) is 0. The van der Waals surface area contributed by atoms with Gasteiger partial charge in [0.05, 0.1) is 13.2 Å². The summed E-state index contributed by atoms with van der Waals surface area (Å²) >= 11 is 0. The van der Waals surface area contributed by atoms with Crippen molar-refractivity contribution in [3.05, 3.63) is 34.4 Å². The van der Waals surface area contributed by atoms with Crippen LogP contribution in [0.15, 0.2) is 12.1 Å². The lowest BCUT2D eigenvalue weighted by Crippen LogP contribution is -2.37. The Kier molecular flexibility index (Phi) is 2.94. The van der Waals surface area contributed by atoms with E-state index in [-0.39, 0.29) is 12.4 Å². The lowest BCUT2D eigenvalue weighted by molar-refractivity contribution is -0.151. The quantitative estimate of drug-likeness (QED) is 0.580. The SMILES string of the molecule is Cc1cc(C)c(C2C(=O)OC3(CCOC3)C2=O)c(C)c1. The standard InChI is InChI=1S/C16H18O4/c1-9-6-10(2)12(11(3)7-9)13-14(17)16(20-15(13)18)4-5-19-8-16/h6-7,13H,4-5,8H2,1-3H3. The van der Waals surface area contributed by atoms with Gasteiger partial charge in [-0.25, -0.2) is 0 Å². The van der Waals surface area contributed by atoms with Gasteiger partial charge in [0.1, 0.15) is 5.92 Å². The normalized spacial score (nSPS) is 29.2. The van der Waals surface area contributed by atoms with E-state index in [1.165, 1.54) is 0 Å². The molecule has 0 radical (unpaired) electrons. The van der Waals surface area contributed by atoms with Crippen molar-refractivity contribution in [2.45, 2.75) is 38.7 Å². The van der Waals surface area contributed by atoms with E-state index in [0.717, 1.165) is 22.3 Å². The highest BCUT2D eigenvalue weighted by Gasteiger charge is 2.58. The van der Waals surface area contributed by atoms with E-state index in [9.17, 15) is 9.59 Å². The molecule has 2 fully saturated rings. The first-order valence-corrected chi connectivity index (χ1v) is 6.87. The summed E-state index contributed by atoms with van der Waals surface area (Å²) in [6.45, 7) is 6.54. The van der Waals surface area contributed by atoms with E-state index in [4.69, 9.17) is 9.47 Å². The molecule has 0 bridgehead atoms. The van der Waals surface area contributed by atoms with Crippen LogP contribution < -0.4 is 0 Å². The Labute approximate surface area is 118 Å². The number of carbonyl (C=O) groups is 2. The highest BCUT2D eigenvalue weighted by atomic mass is 16.6. The molecule has 2 saturated heterocycles. The molecule has 0 saturated carbocycles. The van der Waals surface area contributed by atoms with Crippen LogP contribution in [0.5, 0.6) is 0 Å². The number of esters is 1. The maximum Gasteiger partial charge on any atom is 0.322 e. The molecule has 4 nitrogen and oxygen atoms in total.